The number of rotatable bonds is 4. The zero-order valence-corrected chi connectivity index (χ0v) is 12.5. The van der Waals surface area contributed by atoms with Crippen molar-refractivity contribution >= 4 is 30.3 Å². The van der Waals surface area contributed by atoms with Crippen molar-refractivity contribution in [3.63, 3.8) is 0 Å². The van der Waals surface area contributed by atoms with Crippen LogP contribution in [-0.2, 0) is 4.79 Å². The Bertz CT molecular complexity index is 376. The lowest BCUT2D eigenvalue weighted by molar-refractivity contribution is -0.108. The Labute approximate surface area is 107 Å². The molecule has 0 heterocycles. The molecule has 3 heteroatoms. The minimum atomic E-state index is -1.23. The van der Waals surface area contributed by atoms with Gasteiger partial charge < -0.3 is 4.79 Å². The zero-order chi connectivity index (χ0) is 12.2. The predicted octanol–water partition coefficient (Wildman–Crippen LogP) is 4.17. The molecule has 0 bridgehead atoms. The summed E-state index contributed by atoms with van der Waals surface area (Å²) in [6.07, 6.45) is 3.03. The number of allylic oxidation sites excluding steroid dienone is 1. The topological polar surface area (TPSA) is 17.1 Å². The summed E-state index contributed by atoms with van der Waals surface area (Å²) in [7, 11) is -1.23. The van der Waals surface area contributed by atoms with E-state index in [1.807, 2.05) is 30.3 Å². The summed E-state index contributed by atoms with van der Waals surface area (Å²) in [6.45, 7) is 6.77. The highest BCUT2D eigenvalue weighted by atomic mass is 79.9. The number of halogens is 1. The van der Waals surface area contributed by atoms with E-state index in [1.165, 1.54) is 0 Å². The predicted molar refractivity (Wildman–Crippen MR) is 75.4 cm³/mol. The summed E-state index contributed by atoms with van der Waals surface area (Å²) in [5, 5.41) is 0. The Morgan fingerprint density at radius 2 is 1.75 bits per heavy atom. The van der Waals surface area contributed by atoms with Gasteiger partial charge in [-0.15, -0.1) is 0 Å². The molecule has 0 N–H and O–H groups in total. The summed E-state index contributed by atoms with van der Waals surface area (Å²) in [6, 6.07) is 7.90. The maximum atomic E-state index is 11.1. The van der Waals surface area contributed by atoms with Crippen molar-refractivity contribution in [3.05, 3.63) is 46.1 Å². The van der Waals surface area contributed by atoms with Crippen molar-refractivity contribution in [2.75, 3.05) is 0 Å². The van der Waals surface area contributed by atoms with Crippen LogP contribution in [-0.4, -0.2) is 14.4 Å². The van der Waals surface area contributed by atoms with E-state index >= 15 is 0 Å². The molecule has 0 radical (unpaired) electrons. The Morgan fingerprint density at radius 3 is 2.19 bits per heavy atom. The van der Waals surface area contributed by atoms with E-state index in [-0.39, 0.29) is 5.92 Å². The highest BCUT2D eigenvalue weighted by Crippen LogP contribution is 2.19. The second-order valence-electron chi connectivity index (χ2n) is 4.94. The Balaban J connectivity index is 2.87. The Hall–Kier alpha value is -0.673. The number of benzene rings is 1. The van der Waals surface area contributed by atoms with Crippen LogP contribution in [0.25, 0.3) is 0 Å². The fourth-order valence-electron chi connectivity index (χ4n) is 1.31. The molecular formula is C13H17BrOSi. The summed E-state index contributed by atoms with van der Waals surface area (Å²) >= 11 is 3.39. The van der Waals surface area contributed by atoms with E-state index in [0.717, 1.165) is 16.3 Å². The maximum Gasteiger partial charge on any atom is 0.131 e. The molecule has 0 aliphatic carbocycles. The van der Waals surface area contributed by atoms with Crippen molar-refractivity contribution in [2.45, 2.75) is 25.6 Å². The molecule has 86 valence electrons. The molecule has 0 aliphatic heterocycles. The Kier molecular flexibility index (Phi) is 4.68. The molecule has 0 fully saturated rings. The lowest BCUT2D eigenvalue weighted by Gasteiger charge is -2.11. The lowest BCUT2D eigenvalue weighted by atomic mass is 10.0. The van der Waals surface area contributed by atoms with Crippen molar-refractivity contribution in [3.8, 4) is 0 Å². The molecule has 1 atom stereocenters. The molecule has 0 saturated carbocycles. The minimum Gasteiger partial charge on any atom is -0.302 e. The first-order valence-corrected chi connectivity index (χ1v) is 9.69. The Morgan fingerprint density at radius 1 is 1.19 bits per heavy atom. The summed E-state index contributed by atoms with van der Waals surface area (Å²) in [5.74, 6) is -0.111. The lowest BCUT2D eigenvalue weighted by Crippen LogP contribution is -2.16. The molecule has 0 spiro atoms. The van der Waals surface area contributed by atoms with Gasteiger partial charge in [-0.05, 0) is 17.7 Å². The largest absolute Gasteiger partial charge is 0.302 e. The van der Waals surface area contributed by atoms with E-state index in [1.54, 1.807) is 0 Å². The van der Waals surface area contributed by atoms with Crippen LogP contribution in [0, 0.1) is 0 Å². The second kappa shape index (κ2) is 5.59. The number of carbonyl (C=O) groups is 1. The van der Waals surface area contributed by atoms with Gasteiger partial charge in [-0.2, -0.15) is 0 Å². The van der Waals surface area contributed by atoms with Crippen molar-refractivity contribution < 1.29 is 4.79 Å². The molecule has 1 nitrogen and oxygen atoms in total. The van der Waals surface area contributed by atoms with Gasteiger partial charge in [-0.1, -0.05) is 59.5 Å². The van der Waals surface area contributed by atoms with Crippen molar-refractivity contribution in [1.29, 1.82) is 0 Å². The second-order valence-corrected chi connectivity index (χ2v) is 10.9. The minimum absolute atomic E-state index is 0.111. The maximum absolute atomic E-state index is 11.1. The van der Waals surface area contributed by atoms with Crippen LogP contribution in [0.4, 0.5) is 0 Å². The van der Waals surface area contributed by atoms with Gasteiger partial charge in [-0.3, -0.25) is 0 Å². The first-order valence-electron chi connectivity index (χ1n) is 5.32. The fraction of sp³-hybridized carbons (Fsp3) is 0.308. The smallest absolute Gasteiger partial charge is 0.131 e. The highest BCUT2D eigenvalue weighted by molar-refractivity contribution is 9.10. The third-order valence-corrected chi connectivity index (χ3v) is 3.93. The van der Waals surface area contributed by atoms with E-state index in [2.05, 4.69) is 41.3 Å². The molecule has 16 heavy (non-hydrogen) atoms. The standard InChI is InChI=1S/C13H17BrOSi/c1-16(2,3)9-8-12(10-15)11-4-6-13(14)7-5-11/h4-10,12H,1-3H3/b9-8+. The highest BCUT2D eigenvalue weighted by Gasteiger charge is 2.11. The monoisotopic (exact) mass is 296 g/mol. The third kappa shape index (κ3) is 4.45. The van der Waals surface area contributed by atoms with Gasteiger partial charge in [0.1, 0.15) is 6.29 Å². The van der Waals surface area contributed by atoms with Crippen LogP contribution in [0.1, 0.15) is 11.5 Å². The number of hydrogen-bond acceptors (Lipinski definition) is 1. The quantitative estimate of drug-likeness (QED) is 0.602. The summed E-state index contributed by atoms with van der Waals surface area (Å²) in [5.41, 5.74) is 3.27. The molecule has 1 aromatic carbocycles. The molecule has 0 aliphatic rings. The average molecular weight is 297 g/mol. The van der Waals surface area contributed by atoms with Crippen LogP contribution in [0.2, 0.25) is 19.6 Å². The number of aldehydes is 1. The van der Waals surface area contributed by atoms with Crippen LogP contribution < -0.4 is 0 Å². The van der Waals surface area contributed by atoms with Crippen LogP contribution in [0.15, 0.2) is 40.5 Å². The molecule has 0 amide bonds. The van der Waals surface area contributed by atoms with Crippen LogP contribution in [0.5, 0.6) is 0 Å². The third-order valence-electron chi connectivity index (χ3n) is 2.21. The van der Waals surface area contributed by atoms with Gasteiger partial charge in [-0.25, -0.2) is 0 Å². The molecule has 1 unspecified atom stereocenters. The first-order chi connectivity index (χ1) is 7.42. The van der Waals surface area contributed by atoms with Gasteiger partial charge >= 0.3 is 0 Å². The fourth-order valence-corrected chi connectivity index (χ4v) is 2.36. The zero-order valence-electron chi connectivity index (χ0n) is 9.91. The number of carbonyl (C=O) groups excluding carboxylic acids is 1. The average Bonchev–Trinajstić information content (AvgIpc) is 2.20. The van der Waals surface area contributed by atoms with E-state index in [9.17, 15) is 4.79 Å². The van der Waals surface area contributed by atoms with E-state index in [4.69, 9.17) is 0 Å². The normalized spacial score (nSPS) is 14.0. The van der Waals surface area contributed by atoms with Crippen LogP contribution in [0.3, 0.4) is 0 Å². The van der Waals surface area contributed by atoms with Gasteiger partial charge in [0.15, 0.2) is 0 Å². The van der Waals surface area contributed by atoms with Crippen molar-refractivity contribution in [1.82, 2.24) is 0 Å². The summed E-state index contributed by atoms with van der Waals surface area (Å²) in [4.78, 5) is 11.1. The molecular weight excluding hydrogens is 280 g/mol. The van der Waals surface area contributed by atoms with Gasteiger partial charge in [0, 0.05) is 4.47 Å². The number of hydrogen-bond donors (Lipinski definition) is 0. The molecule has 1 rings (SSSR count). The first kappa shape index (κ1) is 13.4. The van der Waals surface area contributed by atoms with Crippen LogP contribution >= 0.6 is 15.9 Å². The van der Waals surface area contributed by atoms with Gasteiger partial charge in [0.05, 0.1) is 14.0 Å². The van der Waals surface area contributed by atoms with Gasteiger partial charge in [0.2, 0.25) is 0 Å². The van der Waals surface area contributed by atoms with E-state index < -0.39 is 8.07 Å². The summed E-state index contributed by atoms with van der Waals surface area (Å²) < 4.78 is 1.04. The molecule has 1 aromatic rings. The SMILES string of the molecule is C[Si](C)(C)/C=C/C(C=O)c1ccc(Br)cc1. The molecule has 0 saturated heterocycles. The van der Waals surface area contributed by atoms with Crippen molar-refractivity contribution in [2.24, 2.45) is 0 Å². The van der Waals surface area contributed by atoms with Gasteiger partial charge in [0.25, 0.3) is 0 Å². The van der Waals surface area contributed by atoms with E-state index in [0.29, 0.717) is 0 Å². The molecule has 0 aromatic heterocycles.